The highest BCUT2D eigenvalue weighted by Gasteiger charge is 2.04. The van der Waals surface area contributed by atoms with E-state index in [-0.39, 0.29) is 18.3 Å². The fraction of sp³-hybridized carbons (Fsp3) is 0.467. The first kappa shape index (κ1) is 15.2. The van der Waals surface area contributed by atoms with Crippen LogP contribution in [-0.2, 0) is 4.79 Å². The lowest BCUT2D eigenvalue weighted by atomic mass is 10.1. The second-order valence-electron chi connectivity index (χ2n) is 4.43. The van der Waals surface area contributed by atoms with E-state index in [9.17, 15) is 9.59 Å². The third kappa shape index (κ3) is 6.04. The van der Waals surface area contributed by atoms with E-state index in [0.29, 0.717) is 17.9 Å². The molecule has 0 unspecified atom stereocenters. The maximum absolute atomic E-state index is 11.5. The molecule has 0 heterocycles. The Balaban J connectivity index is 2.33. The number of unbranched alkanes of at least 4 members (excludes halogenated alkanes) is 2. The molecule has 4 nitrogen and oxygen atoms in total. The summed E-state index contributed by atoms with van der Waals surface area (Å²) in [5.41, 5.74) is 0.584. The van der Waals surface area contributed by atoms with Crippen LogP contribution < -0.4 is 10.1 Å². The van der Waals surface area contributed by atoms with Crippen LogP contribution in [0.4, 0.5) is 0 Å². The number of ketones is 1. The van der Waals surface area contributed by atoms with E-state index in [1.165, 1.54) is 6.92 Å². The fourth-order valence-corrected chi connectivity index (χ4v) is 1.61. The fourth-order valence-electron chi connectivity index (χ4n) is 1.61. The average Bonchev–Trinajstić information content (AvgIpc) is 2.41. The highest BCUT2D eigenvalue weighted by Crippen LogP contribution is 2.13. The Morgan fingerprint density at radius 2 is 2.05 bits per heavy atom. The molecular formula is C15H21NO3. The van der Waals surface area contributed by atoms with Crippen LogP contribution >= 0.6 is 0 Å². The Hall–Kier alpha value is -1.84. The molecule has 0 spiro atoms. The Morgan fingerprint density at radius 3 is 2.74 bits per heavy atom. The van der Waals surface area contributed by atoms with Gasteiger partial charge >= 0.3 is 0 Å². The molecule has 0 fully saturated rings. The lowest BCUT2D eigenvalue weighted by Crippen LogP contribution is -2.29. The number of hydrogen-bond acceptors (Lipinski definition) is 3. The zero-order valence-electron chi connectivity index (χ0n) is 11.6. The molecule has 0 radical (unpaired) electrons. The van der Waals surface area contributed by atoms with Gasteiger partial charge in [-0.05, 0) is 25.5 Å². The largest absolute Gasteiger partial charge is 0.484 e. The van der Waals surface area contributed by atoms with Crippen molar-refractivity contribution >= 4 is 11.7 Å². The summed E-state index contributed by atoms with van der Waals surface area (Å²) in [6.07, 6.45) is 3.23. The van der Waals surface area contributed by atoms with Crippen LogP contribution in [0, 0.1) is 0 Å². The van der Waals surface area contributed by atoms with Crippen molar-refractivity contribution in [1.82, 2.24) is 5.32 Å². The topological polar surface area (TPSA) is 55.4 Å². The van der Waals surface area contributed by atoms with Crippen molar-refractivity contribution in [3.05, 3.63) is 29.8 Å². The second kappa shape index (κ2) is 8.29. The smallest absolute Gasteiger partial charge is 0.257 e. The molecule has 1 N–H and O–H groups in total. The van der Waals surface area contributed by atoms with E-state index in [4.69, 9.17) is 4.74 Å². The van der Waals surface area contributed by atoms with Gasteiger partial charge in [-0.2, -0.15) is 0 Å². The summed E-state index contributed by atoms with van der Waals surface area (Å²) in [4.78, 5) is 22.7. The van der Waals surface area contributed by atoms with Gasteiger partial charge in [0, 0.05) is 12.1 Å². The van der Waals surface area contributed by atoms with Gasteiger partial charge in [0.25, 0.3) is 5.91 Å². The van der Waals surface area contributed by atoms with E-state index in [1.807, 2.05) is 0 Å². The highest BCUT2D eigenvalue weighted by atomic mass is 16.5. The quantitative estimate of drug-likeness (QED) is 0.579. The highest BCUT2D eigenvalue weighted by molar-refractivity contribution is 5.94. The van der Waals surface area contributed by atoms with Crippen LogP contribution in [0.2, 0.25) is 0 Å². The summed E-state index contributed by atoms with van der Waals surface area (Å²) in [6, 6.07) is 6.84. The van der Waals surface area contributed by atoms with Gasteiger partial charge < -0.3 is 10.1 Å². The number of Topliss-reactive ketones (excluding diaryl/α,β-unsaturated/α-hetero) is 1. The molecular weight excluding hydrogens is 242 g/mol. The number of carbonyl (C=O) groups excluding carboxylic acids is 2. The molecule has 104 valence electrons. The van der Waals surface area contributed by atoms with Crippen LogP contribution in [0.15, 0.2) is 24.3 Å². The molecule has 0 bridgehead atoms. The summed E-state index contributed by atoms with van der Waals surface area (Å²) >= 11 is 0. The van der Waals surface area contributed by atoms with Crippen LogP contribution in [0.1, 0.15) is 43.5 Å². The zero-order chi connectivity index (χ0) is 14.1. The van der Waals surface area contributed by atoms with Gasteiger partial charge in [-0.25, -0.2) is 0 Å². The Morgan fingerprint density at radius 1 is 1.26 bits per heavy atom. The summed E-state index contributed by atoms with van der Waals surface area (Å²) in [7, 11) is 0. The molecule has 0 aliphatic heterocycles. The molecule has 1 aromatic rings. The molecule has 0 aliphatic rings. The third-order valence-corrected chi connectivity index (χ3v) is 2.71. The lowest BCUT2D eigenvalue weighted by molar-refractivity contribution is -0.123. The van der Waals surface area contributed by atoms with Gasteiger partial charge in [-0.1, -0.05) is 31.9 Å². The van der Waals surface area contributed by atoms with Crippen LogP contribution in [0.25, 0.3) is 0 Å². The van der Waals surface area contributed by atoms with Gasteiger partial charge in [-0.15, -0.1) is 0 Å². The van der Waals surface area contributed by atoms with Crippen molar-refractivity contribution in [3.8, 4) is 5.75 Å². The van der Waals surface area contributed by atoms with Crippen molar-refractivity contribution in [2.45, 2.75) is 33.1 Å². The summed E-state index contributed by atoms with van der Waals surface area (Å²) in [6.45, 7) is 4.28. The molecule has 0 saturated heterocycles. The maximum Gasteiger partial charge on any atom is 0.257 e. The molecule has 0 saturated carbocycles. The van der Waals surface area contributed by atoms with E-state index in [0.717, 1.165) is 19.3 Å². The summed E-state index contributed by atoms with van der Waals surface area (Å²) < 4.78 is 5.35. The van der Waals surface area contributed by atoms with Gasteiger partial charge in [0.1, 0.15) is 5.75 Å². The Labute approximate surface area is 114 Å². The Bertz CT molecular complexity index is 429. The van der Waals surface area contributed by atoms with E-state index >= 15 is 0 Å². The predicted octanol–water partition coefficient (Wildman–Crippen LogP) is 2.57. The molecule has 1 amide bonds. The number of ether oxygens (including phenoxy) is 1. The first-order valence-corrected chi connectivity index (χ1v) is 6.64. The summed E-state index contributed by atoms with van der Waals surface area (Å²) in [5, 5.41) is 2.79. The van der Waals surface area contributed by atoms with E-state index in [2.05, 4.69) is 12.2 Å². The molecule has 1 rings (SSSR count). The number of amides is 1. The normalized spacial score (nSPS) is 10.0. The molecule has 0 atom stereocenters. The molecule has 0 aromatic heterocycles. The van der Waals surface area contributed by atoms with Crippen molar-refractivity contribution in [2.24, 2.45) is 0 Å². The predicted molar refractivity (Wildman–Crippen MR) is 74.5 cm³/mol. The SMILES string of the molecule is CCCCCNC(=O)COc1cccc(C(C)=O)c1. The minimum absolute atomic E-state index is 0.0190. The minimum atomic E-state index is -0.135. The number of nitrogens with one attached hydrogen (secondary N) is 1. The minimum Gasteiger partial charge on any atom is -0.484 e. The standard InChI is InChI=1S/C15H21NO3/c1-3-4-5-9-16-15(18)11-19-14-8-6-7-13(10-14)12(2)17/h6-8,10H,3-5,9,11H2,1-2H3,(H,16,18). The Kier molecular flexibility index (Phi) is 6.64. The van der Waals surface area contributed by atoms with Gasteiger partial charge in [-0.3, -0.25) is 9.59 Å². The van der Waals surface area contributed by atoms with Gasteiger partial charge in [0.05, 0.1) is 0 Å². The average molecular weight is 263 g/mol. The van der Waals surface area contributed by atoms with Crippen molar-refractivity contribution in [2.75, 3.05) is 13.2 Å². The molecule has 1 aromatic carbocycles. The maximum atomic E-state index is 11.5. The first-order chi connectivity index (χ1) is 9.13. The van der Waals surface area contributed by atoms with Crippen molar-refractivity contribution in [1.29, 1.82) is 0 Å². The molecule has 4 heteroatoms. The van der Waals surface area contributed by atoms with Gasteiger partial charge in [0.15, 0.2) is 12.4 Å². The van der Waals surface area contributed by atoms with Crippen LogP contribution in [0.5, 0.6) is 5.75 Å². The third-order valence-electron chi connectivity index (χ3n) is 2.71. The van der Waals surface area contributed by atoms with E-state index in [1.54, 1.807) is 24.3 Å². The first-order valence-electron chi connectivity index (χ1n) is 6.64. The molecule has 0 aliphatic carbocycles. The second-order valence-corrected chi connectivity index (χ2v) is 4.43. The number of hydrogen-bond donors (Lipinski definition) is 1. The monoisotopic (exact) mass is 263 g/mol. The molecule has 19 heavy (non-hydrogen) atoms. The van der Waals surface area contributed by atoms with E-state index < -0.39 is 0 Å². The van der Waals surface area contributed by atoms with Crippen molar-refractivity contribution < 1.29 is 14.3 Å². The number of benzene rings is 1. The van der Waals surface area contributed by atoms with Crippen LogP contribution in [-0.4, -0.2) is 24.8 Å². The number of carbonyl (C=O) groups is 2. The zero-order valence-corrected chi connectivity index (χ0v) is 11.6. The van der Waals surface area contributed by atoms with Gasteiger partial charge in [0.2, 0.25) is 0 Å². The van der Waals surface area contributed by atoms with Crippen molar-refractivity contribution in [3.63, 3.8) is 0 Å². The van der Waals surface area contributed by atoms with Crippen LogP contribution in [0.3, 0.4) is 0 Å². The number of rotatable bonds is 8. The summed E-state index contributed by atoms with van der Waals surface area (Å²) in [5.74, 6) is 0.384. The lowest BCUT2D eigenvalue weighted by Gasteiger charge is -2.08.